The number of para-hydroxylation sites is 1. The number of aromatic nitrogens is 1. The Kier molecular flexibility index (Phi) is 7.04. The molecule has 1 aliphatic heterocycles. The van der Waals surface area contributed by atoms with Gasteiger partial charge in [0, 0.05) is 28.2 Å². The number of carbonyl (C=O) groups is 1. The van der Waals surface area contributed by atoms with E-state index in [2.05, 4.69) is 37.4 Å². The van der Waals surface area contributed by atoms with Gasteiger partial charge in [0.25, 0.3) is 5.91 Å². The van der Waals surface area contributed by atoms with Gasteiger partial charge in [0.05, 0.1) is 13.2 Å². The van der Waals surface area contributed by atoms with Crippen molar-refractivity contribution in [3.63, 3.8) is 0 Å². The van der Waals surface area contributed by atoms with E-state index < -0.39 is 0 Å². The van der Waals surface area contributed by atoms with Gasteiger partial charge in [0.15, 0.2) is 11.5 Å². The summed E-state index contributed by atoms with van der Waals surface area (Å²) in [5, 5.41) is 7.03. The third-order valence-electron chi connectivity index (χ3n) is 5.66. The maximum Gasteiger partial charge on any atom is 0.273 e. The average molecular weight is 484 g/mol. The number of benzene rings is 2. The fourth-order valence-electron chi connectivity index (χ4n) is 4.02. The normalized spacial score (nSPS) is 15.4. The molecule has 0 saturated carbocycles. The summed E-state index contributed by atoms with van der Waals surface area (Å²) >= 11 is 3.42. The second-order valence-corrected chi connectivity index (χ2v) is 8.56. The summed E-state index contributed by atoms with van der Waals surface area (Å²) in [6.45, 7) is 2.49. The van der Waals surface area contributed by atoms with E-state index in [4.69, 9.17) is 9.26 Å². The van der Waals surface area contributed by atoms with Crippen LogP contribution < -0.4 is 10.1 Å². The van der Waals surface area contributed by atoms with E-state index in [1.165, 1.54) is 19.3 Å². The fraction of sp³-hybridized carbons (Fsp3) is 0.333. The van der Waals surface area contributed by atoms with Crippen molar-refractivity contribution in [1.82, 2.24) is 15.4 Å². The number of halogens is 1. The van der Waals surface area contributed by atoms with Crippen molar-refractivity contribution in [2.24, 2.45) is 0 Å². The molecule has 2 heterocycles. The van der Waals surface area contributed by atoms with Crippen molar-refractivity contribution < 1.29 is 14.1 Å². The third-order valence-corrected chi connectivity index (χ3v) is 6.19. The largest absolute Gasteiger partial charge is 0.496 e. The molecule has 1 aromatic heterocycles. The number of likely N-dealkylation sites (tertiary alicyclic amines) is 1. The maximum atomic E-state index is 12.8. The summed E-state index contributed by atoms with van der Waals surface area (Å²) in [6, 6.07) is 17.4. The van der Waals surface area contributed by atoms with Crippen LogP contribution in [0.25, 0.3) is 11.3 Å². The van der Waals surface area contributed by atoms with Crippen LogP contribution in [-0.4, -0.2) is 42.7 Å². The number of nitrogens with one attached hydrogen (secondary N) is 1. The molecule has 7 heteroatoms. The van der Waals surface area contributed by atoms with Gasteiger partial charge in [-0.25, -0.2) is 0 Å². The molecule has 1 amide bonds. The summed E-state index contributed by atoms with van der Waals surface area (Å²) in [5.74, 6) is 1.16. The van der Waals surface area contributed by atoms with E-state index in [1.54, 1.807) is 13.2 Å². The topological polar surface area (TPSA) is 67.6 Å². The number of rotatable bonds is 7. The smallest absolute Gasteiger partial charge is 0.273 e. The van der Waals surface area contributed by atoms with E-state index in [-0.39, 0.29) is 17.6 Å². The summed E-state index contributed by atoms with van der Waals surface area (Å²) < 4.78 is 12.0. The van der Waals surface area contributed by atoms with Gasteiger partial charge in [-0.2, -0.15) is 0 Å². The number of amides is 1. The first-order valence-corrected chi connectivity index (χ1v) is 11.3. The van der Waals surface area contributed by atoms with Crippen LogP contribution in [0.3, 0.4) is 0 Å². The highest BCUT2D eigenvalue weighted by Crippen LogP contribution is 2.31. The van der Waals surface area contributed by atoms with E-state index in [1.807, 2.05) is 42.5 Å². The second-order valence-electron chi connectivity index (χ2n) is 7.65. The predicted octanol–water partition coefficient (Wildman–Crippen LogP) is 5.07. The van der Waals surface area contributed by atoms with Crippen LogP contribution in [0, 0.1) is 0 Å². The van der Waals surface area contributed by atoms with Crippen molar-refractivity contribution in [1.29, 1.82) is 0 Å². The summed E-state index contributed by atoms with van der Waals surface area (Å²) in [5.41, 5.74) is 2.23. The van der Waals surface area contributed by atoms with E-state index in [9.17, 15) is 4.79 Å². The average Bonchev–Trinajstić information content (AvgIpc) is 3.31. The molecule has 2 aromatic carbocycles. The Morgan fingerprint density at radius 1 is 1.16 bits per heavy atom. The van der Waals surface area contributed by atoms with Crippen LogP contribution in [-0.2, 0) is 0 Å². The van der Waals surface area contributed by atoms with Gasteiger partial charge in [-0.1, -0.05) is 57.8 Å². The zero-order valence-corrected chi connectivity index (χ0v) is 19.1. The van der Waals surface area contributed by atoms with Crippen molar-refractivity contribution in [3.05, 3.63) is 70.3 Å². The number of carbonyl (C=O) groups excluding carboxylic acids is 1. The molecule has 0 unspecified atom stereocenters. The zero-order valence-electron chi connectivity index (χ0n) is 17.5. The van der Waals surface area contributed by atoms with E-state index in [0.717, 1.165) is 34.4 Å². The SMILES string of the molecule is COc1ccccc1[C@H](CNC(=O)c1cc(-c2ccc(Br)cc2)on1)N1CCCCC1. The lowest BCUT2D eigenvalue weighted by Crippen LogP contribution is -2.40. The Morgan fingerprint density at radius 3 is 2.65 bits per heavy atom. The highest BCUT2D eigenvalue weighted by molar-refractivity contribution is 9.10. The Bertz CT molecular complexity index is 1010. The minimum atomic E-state index is -0.246. The van der Waals surface area contributed by atoms with Crippen molar-refractivity contribution in [3.8, 4) is 17.1 Å². The Hall–Kier alpha value is -2.64. The zero-order chi connectivity index (χ0) is 21.6. The number of ether oxygens (including phenoxy) is 1. The van der Waals surface area contributed by atoms with E-state index in [0.29, 0.717) is 12.3 Å². The van der Waals surface area contributed by atoms with Crippen molar-refractivity contribution in [2.75, 3.05) is 26.7 Å². The van der Waals surface area contributed by atoms with E-state index >= 15 is 0 Å². The standard InChI is InChI=1S/C24H26BrN3O3/c1-30-22-8-4-3-7-19(22)21(28-13-5-2-6-14-28)16-26-24(29)20-15-23(31-27-20)17-9-11-18(25)12-10-17/h3-4,7-12,15,21H,2,5-6,13-14,16H2,1H3,(H,26,29)/t21-/m0/s1. The molecule has 0 radical (unpaired) electrons. The third kappa shape index (κ3) is 5.17. The minimum absolute atomic E-state index is 0.0400. The van der Waals surface area contributed by atoms with Crippen LogP contribution in [0.1, 0.15) is 41.4 Å². The molecular formula is C24H26BrN3O3. The Labute approximate surface area is 190 Å². The van der Waals surface area contributed by atoms with Gasteiger partial charge < -0.3 is 14.6 Å². The summed E-state index contributed by atoms with van der Waals surface area (Å²) in [7, 11) is 1.68. The predicted molar refractivity (Wildman–Crippen MR) is 123 cm³/mol. The van der Waals surface area contributed by atoms with Crippen LogP contribution in [0.15, 0.2) is 63.6 Å². The van der Waals surface area contributed by atoms with Crippen LogP contribution >= 0.6 is 15.9 Å². The second kappa shape index (κ2) is 10.1. The molecule has 0 bridgehead atoms. The molecular weight excluding hydrogens is 458 g/mol. The first-order chi connectivity index (χ1) is 15.2. The van der Waals surface area contributed by atoms with Gasteiger partial charge in [-0.15, -0.1) is 0 Å². The quantitative estimate of drug-likeness (QED) is 0.507. The highest BCUT2D eigenvalue weighted by Gasteiger charge is 2.26. The minimum Gasteiger partial charge on any atom is -0.496 e. The van der Waals surface area contributed by atoms with Crippen LogP contribution in [0.5, 0.6) is 5.75 Å². The molecule has 1 fully saturated rings. The first kappa shape index (κ1) is 21.6. The molecule has 1 atom stereocenters. The van der Waals surface area contributed by atoms with Crippen molar-refractivity contribution in [2.45, 2.75) is 25.3 Å². The number of hydrogen-bond acceptors (Lipinski definition) is 5. The molecule has 162 valence electrons. The molecule has 4 rings (SSSR count). The molecule has 3 aromatic rings. The summed E-state index contributed by atoms with van der Waals surface area (Å²) in [4.78, 5) is 15.3. The molecule has 31 heavy (non-hydrogen) atoms. The number of methoxy groups -OCH3 is 1. The number of hydrogen-bond donors (Lipinski definition) is 1. The van der Waals surface area contributed by atoms with Crippen LogP contribution in [0.4, 0.5) is 0 Å². The lowest BCUT2D eigenvalue weighted by Gasteiger charge is -2.35. The Morgan fingerprint density at radius 2 is 1.90 bits per heavy atom. The lowest BCUT2D eigenvalue weighted by atomic mass is 10.0. The Balaban J connectivity index is 1.49. The first-order valence-electron chi connectivity index (χ1n) is 10.5. The number of nitrogens with zero attached hydrogens (tertiary/aromatic N) is 2. The molecule has 1 saturated heterocycles. The van der Waals surface area contributed by atoms with Crippen molar-refractivity contribution >= 4 is 21.8 Å². The van der Waals surface area contributed by atoms with Gasteiger partial charge in [0.2, 0.25) is 0 Å². The maximum absolute atomic E-state index is 12.8. The molecule has 1 aliphatic rings. The molecule has 0 spiro atoms. The highest BCUT2D eigenvalue weighted by atomic mass is 79.9. The number of piperidine rings is 1. The van der Waals surface area contributed by atoms with Gasteiger partial charge in [-0.3, -0.25) is 9.69 Å². The van der Waals surface area contributed by atoms with Gasteiger partial charge >= 0.3 is 0 Å². The summed E-state index contributed by atoms with van der Waals surface area (Å²) in [6.07, 6.45) is 3.58. The van der Waals surface area contributed by atoms with Gasteiger partial charge in [-0.05, 0) is 44.1 Å². The molecule has 1 N–H and O–H groups in total. The monoisotopic (exact) mass is 483 g/mol. The fourth-order valence-corrected chi connectivity index (χ4v) is 4.28. The molecule has 6 nitrogen and oxygen atoms in total. The van der Waals surface area contributed by atoms with Crippen LogP contribution in [0.2, 0.25) is 0 Å². The lowest BCUT2D eigenvalue weighted by molar-refractivity contribution is 0.0914. The molecule has 0 aliphatic carbocycles. The van der Waals surface area contributed by atoms with Gasteiger partial charge in [0.1, 0.15) is 5.75 Å².